The van der Waals surface area contributed by atoms with Crippen molar-refractivity contribution in [2.75, 3.05) is 13.7 Å². The summed E-state index contributed by atoms with van der Waals surface area (Å²) in [4.78, 5) is 4.47. The quantitative estimate of drug-likeness (QED) is 0.861. The maximum absolute atomic E-state index is 5.92. The molecule has 108 valence electrons. The minimum absolute atomic E-state index is 0.0871. The Hall–Kier alpha value is -2.00. The van der Waals surface area contributed by atoms with Gasteiger partial charge in [-0.1, -0.05) is 23.7 Å². The van der Waals surface area contributed by atoms with Crippen LogP contribution in [0.3, 0.4) is 0 Å². The SMILES string of the molecule is COc1ccc(CC2CN=C(c3ccc(Cl)cc3)O2)cc1. The molecule has 1 atom stereocenters. The molecule has 1 aliphatic heterocycles. The van der Waals surface area contributed by atoms with Gasteiger partial charge in [0.1, 0.15) is 11.9 Å². The fraction of sp³-hybridized carbons (Fsp3) is 0.235. The van der Waals surface area contributed by atoms with Gasteiger partial charge in [-0.2, -0.15) is 0 Å². The van der Waals surface area contributed by atoms with Crippen molar-refractivity contribution in [2.24, 2.45) is 4.99 Å². The molecule has 21 heavy (non-hydrogen) atoms. The molecule has 0 saturated heterocycles. The molecule has 0 radical (unpaired) electrons. The fourth-order valence-electron chi connectivity index (χ4n) is 2.30. The van der Waals surface area contributed by atoms with Crippen LogP contribution in [0.2, 0.25) is 5.02 Å². The average molecular weight is 302 g/mol. The maximum Gasteiger partial charge on any atom is 0.216 e. The molecule has 0 aromatic heterocycles. The Kier molecular flexibility index (Phi) is 4.11. The number of rotatable bonds is 4. The Morgan fingerprint density at radius 2 is 1.86 bits per heavy atom. The average Bonchev–Trinajstić information content (AvgIpc) is 2.97. The first kappa shape index (κ1) is 14.0. The highest BCUT2D eigenvalue weighted by molar-refractivity contribution is 6.30. The fourth-order valence-corrected chi connectivity index (χ4v) is 2.43. The van der Waals surface area contributed by atoms with Crippen LogP contribution >= 0.6 is 11.6 Å². The van der Waals surface area contributed by atoms with Gasteiger partial charge in [-0.25, -0.2) is 4.99 Å². The third kappa shape index (κ3) is 3.37. The molecule has 0 saturated carbocycles. The lowest BCUT2D eigenvalue weighted by Gasteiger charge is -2.12. The second-order valence-corrected chi connectivity index (χ2v) is 5.38. The second kappa shape index (κ2) is 6.19. The predicted molar refractivity (Wildman–Crippen MR) is 84.4 cm³/mol. The van der Waals surface area contributed by atoms with Crippen molar-refractivity contribution >= 4 is 17.5 Å². The molecular formula is C17H16ClNO2. The molecule has 3 rings (SSSR count). The van der Waals surface area contributed by atoms with Crippen molar-refractivity contribution in [2.45, 2.75) is 12.5 Å². The van der Waals surface area contributed by atoms with Crippen LogP contribution in [0.25, 0.3) is 0 Å². The van der Waals surface area contributed by atoms with Crippen molar-refractivity contribution in [1.29, 1.82) is 0 Å². The van der Waals surface area contributed by atoms with Crippen LogP contribution in [0.4, 0.5) is 0 Å². The summed E-state index contributed by atoms with van der Waals surface area (Å²) in [6.45, 7) is 0.685. The van der Waals surface area contributed by atoms with Crippen molar-refractivity contribution in [3.63, 3.8) is 0 Å². The van der Waals surface area contributed by atoms with Crippen LogP contribution in [0.1, 0.15) is 11.1 Å². The molecule has 0 amide bonds. The van der Waals surface area contributed by atoms with E-state index in [0.717, 1.165) is 17.7 Å². The Labute approximate surface area is 129 Å². The van der Waals surface area contributed by atoms with Gasteiger partial charge < -0.3 is 9.47 Å². The molecule has 0 bridgehead atoms. The summed E-state index contributed by atoms with van der Waals surface area (Å²) in [5.74, 6) is 1.56. The number of hydrogen-bond acceptors (Lipinski definition) is 3. The molecule has 2 aromatic carbocycles. The summed E-state index contributed by atoms with van der Waals surface area (Å²) in [7, 11) is 1.67. The van der Waals surface area contributed by atoms with Gasteiger partial charge in [-0.15, -0.1) is 0 Å². The van der Waals surface area contributed by atoms with Gasteiger partial charge in [0, 0.05) is 17.0 Å². The first-order chi connectivity index (χ1) is 10.2. The Morgan fingerprint density at radius 3 is 2.52 bits per heavy atom. The lowest BCUT2D eigenvalue weighted by atomic mass is 10.1. The number of benzene rings is 2. The molecule has 0 aliphatic carbocycles. The highest BCUT2D eigenvalue weighted by atomic mass is 35.5. The first-order valence-corrected chi connectivity index (χ1v) is 7.22. The molecule has 0 fully saturated rings. The molecule has 1 unspecified atom stereocenters. The van der Waals surface area contributed by atoms with Gasteiger partial charge in [0.05, 0.1) is 13.7 Å². The summed E-state index contributed by atoms with van der Waals surface area (Å²) in [5, 5.41) is 0.715. The number of hydrogen-bond donors (Lipinski definition) is 0. The monoisotopic (exact) mass is 301 g/mol. The zero-order valence-electron chi connectivity index (χ0n) is 11.8. The van der Waals surface area contributed by atoms with Crippen LogP contribution in [0.5, 0.6) is 5.75 Å². The van der Waals surface area contributed by atoms with E-state index in [-0.39, 0.29) is 6.10 Å². The van der Waals surface area contributed by atoms with E-state index in [1.165, 1.54) is 5.56 Å². The highest BCUT2D eigenvalue weighted by Gasteiger charge is 2.21. The molecule has 1 heterocycles. The maximum atomic E-state index is 5.92. The van der Waals surface area contributed by atoms with Crippen LogP contribution in [0, 0.1) is 0 Å². The number of methoxy groups -OCH3 is 1. The smallest absolute Gasteiger partial charge is 0.216 e. The zero-order valence-corrected chi connectivity index (χ0v) is 12.5. The Balaban J connectivity index is 1.61. The molecule has 0 N–H and O–H groups in total. The largest absolute Gasteiger partial charge is 0.497 e. The highest BCUT2D eigenvalue weighted by Crippen LogP contribution is 2.19. The van der Waals surface area contributed by atoms with E-state index in [9.17, 15) is 0 Å². The molecule has 0 spiro atoms. The van der Waals surface area contributed by atoms with Gasteiger partial charge in [0.15, 0.2) is 0 Å². The molecule has 4 heteroatoms. The molecular weight excluding hydrogens is 286 g/mol. The first-order valence-electron chi connectivity index (χ1n) is 6.84. The van der Waals surface area contributed by atoms with E-state index >= 15 is 0 Å². The minimum atomic E-state index is 0.0871. The third-order valence-corrected chi connectivity index (χ3v) is 3.68. The number of halogens is 1. The van der Waals surface area contributed by atoms with Crippen LogP contribution in [-0.4, -0.2) is 25.7 Å². The van der Waals surface area contributed by atoms with Gasteiger partial charge in [0.25, 0.3) is 0 Å². The normalized spacial score (nSPS) is 17.2. The molecule has 1 aliphatic rings. The standard InChI is InChI=1S/C17H16ClNO2/c1-20-15-8-2-12(3-9-15)10-16-11-19-17(21-16)13-4-6-14(18)7-5-13/h2-9,16H,10-11H2,1H3. The van der Waals surface area contributed by atoms with E-state index in [0.29, 0.717) is 17.5 Å². The van der Waals surface area contributed by atoms with Crippen LogP contribution < -0.4 is 4.74 Å². The third-order valence-electron chi connectivity index (χ3n) is 3.43. The van der Waals surface area contributed by atoms with E-state index < -0.39 is 0 Å². The predicted octanol–water partition coefficient (Wildman–Crippen LogP) is 3.74. The van der Waals surface area contributed by atoms with E-state index in [4.69, 9.17) is 21.1 Å². The van der Waals surface area contributed by atoms with Crippen molar-refractivity contribution in [3.8, 4) is 5.75 Å². The molecule has 2 aromatic rings. The zero-order chi connectivity index (χ0) is 14.7. The van der Waals surface area contributed by atoms with Gasteiger partial charge in [-0.05, 0) is 42.0 Å². The number of aliphatic imine (C=N–C) groups is 1. The van der Waals surface area contributed by atoms with Crippen LogP contribution in [-0.2, 0) is 11.2 Å². The van der Waals surface area contributed by atoms with Gasteiger partial charge >= 0.3 is 0 Å². The topological polar surface area (TPSA) is 30.8 Å². The van der Waals surface area contributed by atoms with Gasteiger partial charge in [-0.3, -0.25) is 0 Å². The molecule has 3 nitrogen and oxygen atoms in total. The van der Waals surface area contributed by atoms with E-state index in [2.05, 4.69) is 17.1 Å². The van der Waals surface area contributed by atoms with Crippen molar-refractivity contribution in [3.05, 3.63) is 64.7 Å². The van der Waals surface area contributed by atoms with E-state index in [1.54, 1.807) is 7.11 Å². The summed E-state index contributed by atoms with van der Waals surface area (Å²) in [6.07, 6.45) is 0.925. The summed E-state index contributed by atoms with van der Waals surface area (Å²) in [5.41, 5.74) is 2.19. The lowest BCUT2D eigenvalue weighted by molar-refractivity contribution is 0.225. The Morgan fingerprint density at radius 1 is 1.14 bits per heavy atom. The number of ether oxygens (including phenoxy) is 2. The minimum Gasteiger partial charge on any atom is -0.497 e. The van der Waals surface area contributed by atoms with E-state index in [1.807, 2.05) is 36.4 Å². The number of nitrogens with zero attached hydrogens (tertiary/aromatic N) is 1. The van der Waals surface area contributed by atoms with Crippen LogP contribution in [0.15, 0.2) is 53.5 Å². The summed E-state index contributed by atoms with van der Waals surface area (Å²) in [6, 6.07) is 15.6. The summed E-state index contributed by atoms with van der Waals surface area (Å²) >= 11 is 5.89. The summed E-state index contributed by atoms with van der Waals surface area (Å²) < 4.78 is 11.1. The van der Waals surface area contributed by atoms with Gasteiger partial charge in [0.2, 0.25) is 5.90 Å². The van der Waals surface area contributed by atoms with Crippen molar-refractivity contribution in [1.82, 2.24) is 0 Å². The van der Waals surface area contributed by atoms with Crippen molar-refractivity contribution < 1.29 is 9.47 Å². The second-order valence-electron chi connectivity index (χ2n) is 4.94. The Bertz CT molecular complexity index is 635. The lowest BCUT2D eigenvalue weighted by Crippen LogP contribution is -2.16.